The molecule has 20 heavy (non-hydrogen) atoms. The number of rotatable bonds is 5. The number of nitrogens with two attached hydrogens (primary N) is 1. The van der Waals surface area contributed by atoms with E-state index in [1.54, 1.807) is 12.1 Å². The number of amides is 1. The highest BCUT2D eigenvalue weighted by molar-refractivity contribution is 6.30. The van der Waals surface area contributed by atoms with Gasteiger partial charge in [0.25, 0.3) is 5.92 Å². The second-order valence-corrected chi connectivity index (χ2v) is 5.22. The van der Waals surface area contributed by atoms with Gasteiger partial charge in [-0.25, -0.2) is 8.78 Å². The summed E-state index contributed by atoms with van der Waals surface area (Å²) in [6, 6.07) is 7.25. The molecule has 1 amide bonds. The van der Waals surface area contributed by atoms with Gasteiger partial charge in [-0.15, -0.1) is 12.4 Å². The lowest BCUT2D eigenvalue weighted by Crippen LogP contribution is -2.42. The Bertz CT molecular complexity index is 485. The van der Waals surface area contributed by atoms with E-state index >= 15 is 0 Å². The van der Waals surface area contributed by atoms with Gasteiger partial charge in [0.1, 0.15) is 0 Å². The lowest BCUT2D eigenvalue weighted by molar-refractivity contribution is -0.124. The van der Waals surface area contributed by atoms with Crippen LogP contribution in [0.25, 0.3) is 0 Å². The third kappa shape index (κ3) is 4.30. The van der Waals surface area contributed by atoms with Gasteiger partial charge in [0.05, 0.1) is 13.1 Å². The molecule has 2 rings (SSSR count). The Morgan fingerprint density at radius 2 is 2.20 bits per heavy atom. The van der Waals surface area contributed by atoms with Crippen LogP contribution in [0.2, 0.25) is 5.02 Å². The van der Waals surface area contributed by atoms with Gasteiger partial charge in [0.2, 0.25) is 5.91 Å². The van der Waals surface area contributed by atoms with Crippen LogP contribution in [0.3, 0.4) is 0 Å². The number of nitrogens with one attached hydrogen (secondary N) is 1. The molecule has 3 N–H and O–H groups in total. The first-order valence-electron chi connectivity index (χ1n) is 6.04. The van der Waals surface area contributed by atoms with Crippen molar-refractivity contribution in [2.75, 3.05) is 13.1 Å². The third-order valence-electron chi connectivity index (χ3n) is 3.22. The molecule has 1 fully saturated rings. The van der Waals surface area contributed by atoms with Crippen molar-refractivity contribution in [3.05, 3.63) is 34.9 Å². The first-order valence-corrected chi connectivity index (χ1v) is 6.42. The van der Waals surface area contributed by atoms with Crippen molar-refractivity contribution >= 4 is 29.9 Å². The summed E-state index contributed by atoms with van der Waals surface area (Å²) in [6.45, 7) is -1.48. The van der Waals surface area contributed by atoms with Gasteiger partial charge in [0, 0.05) is 10.9 Å². The van der Waals surface area contributed by atoms with E-state index in [1.807, 2.05) is 12.1 Å². The van der Waals surface area contributed by atoms with Crippen molar-refractivity contribution in [2.24, 2.45) is 11.7 Å². The summed E-state index contributed by atoms with van der Waals surface area (Å²) in [6.07, 6.45) is 0.667. The van der Waals surface area contributed by atoms with E-state index in [2.05, 4.69) is 5.32 Å². The van der Waals surface area contributed by atoms with Crippen molar-refractivity contribution in [2.45, 2.75) is 18.3 Å². The minimum absolute atomic E-state index is 0. The number of carbonyl (C=O) groups is 1. The number of carbonyl (C=O) groups excluding carboxylic acids is 1. The SMILES string of the molecule is Cl.NCC(F)(F)CNC(=O)C1CC1c1cccc(Cl)c1. The van der Waals surface area contributed by atoms with E-state index < -0.39 is 19.0 Å². The number of hydrogen-bond acceptors (Lipinski definition) is 2. The van der Waals surface area contributed by atoms with Crippen molar-refractivity contribution in [1.29, 1.82) is 0 Å². The van der Waals surface area contributed by atoms with Crippen LogP contribution in [0.1, 0.15) is 17.9 Å². The molecule has 1 aliphatic carbocycles. The fourth-order valence-corrected chi connectivity index (χ4v) is 2.21. The minimum Gasteiger partial charge on any atom is -0.350 e. The number of benzene rings is 1. The maximum atomic E-state index is 12.9. The van der Waals surface area contributed by atoms with Crippen LogP contribution in [0.5, 0.6) is 0 Å². The molecule has 3 nitrogen and oxygen atoms in total. The molecule has 1 saturated carbocycles. The molecule has 1 aromatic rings. The highest BCUT2D eigenvalue weighted by Gasteiger charge is 2.44. The van der Waals surface area contributed by atoms with Gasteiger partial charge < -0.3 is 11.1 Å². The van der Waals surface area contributed by atoms with Crippen LogP contribution in [0.15, 0.2) is 24.3 Å². The molecule has 0 spiro atoms. The zero-order chi connectivity index (χ0) is 14.0. The van der Waals surface area contributed by atoms with E-state index in [-0.39, 0.29) is 30.2 Å². The van der Waals surface area contributed by atoms with Gasteiger partial charge >= 0.3 is 0 Å². The van der Waals surface area contributed by atoms with Crippen LogP contribution >= 0.6 is 24.0 Å². The van der Waals surface area contributed by atoms with Crippen molar-refractivity contribution in [1.82, 2.24) is 5.32 Å². The normalized spacial score (nSPS) is 21.0. The van der Waals surface area contributed by atoms with E-state index in [9.17, 15) is 13.6 Å². The molecule has 2 atom stereocenters. The summed E-state index contributed by atoms with van der Waals surface area (Å²) >= 11 is 5.87. The van der Waals surface area contributed by atoms with Crippen LogP contribution in [-0.4, -0.2) is 24.9 Å². The van der Waals surface area contributed by atoms with Crippen LogP contribution in [-0.2, 0) is 4.79 Å². The third-order valence-corrected chi connectivity index (χ3v) is 3.46. The summed E-state index contributed by atoms with van der Waals surface area (Å²) in [5.74, 6) is -3.56. The van der Waals surface area contributed by atoms with Gasteiger partial charge in [-0.3, -0.25) is 4.79 Å². The second kappa shape index (κ2) is 6.70. The molecule has 2 unspecified atom stereocenters. The molecule has 1 aliphatic rings. The Labute approximate surface area is 127 Å². The Morgan fingerprint density at radius 3 is 2.80 bits per heavy atom. The molecule has 7 heteroatoms. The predicted octanol–water partition coefficient (Wildman–Crippen LogP) is 2.58. The summed E-state index contributed by atoms with van der Waals surface area (Å²) in [4.78, 5) is 11.7. The quantitative estimate of drug-likeness (QED) is 0.874. The summed E-state index contributed by atoms with van der Waals surface area (Å²) in [5.41, 5.74) is 5.87. The van der Waals surface area contributed by atoms with Crippen LogP contribution in [0, 0.1) is 5.92 Å². The van der Waals surface area contributed by atoms with Gasteiger partial charge in [-0.05, 0) is 30.0 Å². The topological polar surface area (TPSA) is 55.1 Å². The molecule has 112 valence electrons. The Hall–Kier alpha value is -0.910. The lowest BCUT2D eigenvalue weighted by atomic mass is 10.1. The smallest absolute Gasteiger partial charge is 0.277 e. The number of halogens is 4. The molecule has 0 radical (unpaired) electrons. The molecule has 0 heterocycles. The largest absolute Gasteiger partial charge is 0.350 e. The standard InChI is InChI=1S/C13H15ClF2N2O.ClH/c14-9-3-1-2-8(4-9)10-5-11(10)12(19)18-7-13(15,16)6-17;/h1-4,10-11H,5-7,17H2,(H,18,19);1H. The second-order valence-electron chi connectivity index (χ2n) is 4.78. The van der Waals surface area contributed by atoms with Crippen molar-refractivity contribution in [3.63, 3.8) is 0 Å². The van der Waals surface area contributed by atoms with Gasteiger partial charge in [0.15, 0.2) is 0 Å². The molecule has 0 aliphatic heterocycles. The summed E-state index contributed by atoms with van der Waals surface area (Å²) in [5, 5.41) is 2.86. The fraction of sp³-hybridized carbons (Fsp3) is 0.462. The molecule has 0 saturated heterocycles. The van der Waals surface area contributed by atoms with Crippen molar-refractivity contribution in [3.8, 4) is 0 Å². The van der Waals surface area contributed by atoms with E-state index in [0.717, 1.165) is 5.56 Å². The maximum absolute atomic E-state index is 12.9. The van der Waals surface area contributed by atoms with E-state index in [1.165, 1.54) is 0 Å². The summed E-state index contributed by atoms with van der Waals surface area (Å²) < 4.78 is 25.8. The van der Waals surface area contributed by atoms with Crippen molar-refractivity contribution < 1.29 is 13.6 Å². The van der Waals surface area contributed by atoms with Gasteiger partial charge in [-0.1, -0.05) is 23.7 Å². The minimum atomic E-state index is -3.05. The molecular formula is C13H16Cl2F2N2O. The van der Waals surface area contributed by atoms with Crippen LogP contribution < -0.4 is 11.1 Å². The summed E-state index contributed by atoms with van der Waals surface area (Å²) in [7, 11) is 0. The number of alkyl halides is 2. The maximum Gasteiger partial charge on any atom is 0.277 e. The highest BCUT2D eigenvalue weighted by atomic mass is 35.5. The Balaban J connectivity index is 0.00000200. The molecule has 0 aromatic heterocycles. The molecular weight excluding hydrogens is 309 g/mol. The zero-order valence-corrected chi connectivity index (χ0v) is 12.2. The van der Waals surface area contributed by atoms with Crippen LogP contribution in [0.4, 0.5) is 8.78 Å². The van der Waals surface area contributed by atoms with Gasteiger partial charge in [-0.2, -0.15) is 0 Å². The average Bonchev–Trinajstić information content (AvgIpc) is 3.16. The first kappa shape index (κ1) is 17.1. The fourth-order valence-electron chi connectivity index (χ4n) is 2.01. The predicted molar refractivity (Wildman–Crippen MR) is 76.6 cm³/mol. The first-order chi connectivity index (χ1) is 8.93. The lowest BCUT2D eigenvalue weighted by Gasteiger charge is -2.14. The Morgan fingerprint density at radius 1 is 1.50 bits per heavy atom. The number of hydrogen-bond donors (Lipinski definition) is 2. The van der Waals surface area contributed by atoms with E-state index in [4.69, 9.17) is 17.3 Å². The zero-order valence-electron chi connectivity index (χ0n) is 10.6. The van der Waals surface area contributed by atoms with E-state index in [0.29, 0.717) is 11.4 Å². The molecule has 1 aromatic carbocycles. The Kier molecular flexibility index (Phi) is 5.74. The molecule has 0 bridgehead atoms. The average molecular weight is 325 g/mol. The monoisotopic (exact) mass is 324 g/mol. The highest BCUT2D eigenvalue weighted by Crippen LogP contribution is 2.47.